The average molecular weight is 378 g/mol. The molecule has 0 saturated heterocycles. The second-order valence-corrected chi connectivity index (χ2v) is 7.65. The van der Waals surface area contributed by atoms with Crippen molar-refractivity contribution in [3.63, 3.8) is 0 Å². The Morgan fingerprint density at radius 1 is 1.00 bits per heavy atom. The summed E-state index contributed by atoms with van der Waals surface area (Å²) in [5.74, 6) is 0.522. The van der Waals surface area contributed by atoms with Gasteiger partial charge in [-0.25, -0.2) is 4.68 Å². The van der Waals surface area contributed by atoms with Crippen LogP contribution in [0.2, 0.25) is 0 Å². The maximum Gasteiger partial charge on any atom is 0.251 e. The van der Waals surface area contributed by atoms with E-state index < -0.39 is 0 Å². The number of amides is 2. The van der Waals surface area contributed by atoms with E-state index in [0.29, 0.717) is 17.6 Å². The first-order valence-electron chi connectivity index (χ1n) is 10.1. The van der Waals surface area contributed by atoms with Gasteiger partial charge in [0, 0.05) is 23.7 Å². The predicted octanol–water partition coefficient (Wildman–Crippen LogP) is 3.93. The molecule has 6 heteroatoms. The lowest BCUT2D eigenvalue weighted by molar-refractivity contribution is -0.111. The van der Waals surface area contributed by atoms with Crippen molar-refractivity contribution in [2.24, 2.45) is 0 Å². The van der Waals surface area contributed by atoms with Gasteiger partial charge in [-0.2, -0.15) is 5.10 Å². The predicted molar refractivity (Wildman–Crippen MR) is 109 cm³/mol. The minimum Gasteiger partial charge on any atom is -0.349 e. The van der Waals surface area contributed by atoms with Crippen molar-refractivity contribution in [3.8, 4) is 0 Å². The topological polar surface area (TPSA) is 76.0 Å². The molecule has 28 heavy (non-hydrogen) atoms. The molecule has 4 rings (SSSR count). The maximum atomic E-state index is 12.3. The van der Waals surface area contributed by atoms with Crippen molar-refractivity contribution in [1.82, 2.24) is 15.1 Å². The summed E-state index contributed by atoms with van der Waals surface area (Å²) < 4.78 is 1.94. The lowest BCUT2D eigenvalue weighted by atomic mass is 9.96. The van der Waals surface area contributed by atoms with E-state index in [1.54, 1.807) is 24.4 Å². The van der Waals surface area contributed by atoms with Crippen LogP contribution in [0.1, 0.15) is 66.9 Å². The highest BCUT2D eigenvalue weighted by Crippen LogP contribution is 2.29. The van der Waals surface area contributed by atoms with Gasteiger partial charge in [-0.1, -0.05) is 31.4 Å². The summed E-state index contributed by atoms with van der Waals surface area (Å²) in [6.07, 6.45) is 13.1. The standard InChI is InChI=1S/C22H26N4O2/c27-21(25-20-14-15-23-26(20)19-4-2-1-3-5-19)13-8-16-6-9-17(10-7-16)22(28)24-18-11-12-18/h6-10,13-15,18-19H,1-5,11-12H2,(H,24,28)(H,25,27)/b13-8+. The Hall–Kier alpha value is -2.89. The molecule has 0 aliphatic heterocycles. The molecule has 146 valence electrons. The van der Waals surface area contributed by atoms with Crippen LogP contribution < -0.4 is 10.6 Å². The molecular weight excluding hydrogens is 352 g/mol. The first-order valence-corrected chi connectivity index (χ1v) is 10.1. The molecule has 6 nitrogen and oxygen atoms in total. The summed E-state index contributed by atoms with van der Waals surface area (Å²) in [6.45, 7) is 0. The zero-order valence-corrected chi connectivity index (χ0v) is 15.9. The third-order valence-electron chi connectivity index (χ3n) is 5.35. The van der Waals surface area contributed by atoms with Crippen molar-refractivity contribution in [1.29, 1.82) is 0 Å². The van der Waals surface area contributed by atoms with Crippen LogP contribution in [-0.2, 0) is 4.79 Å². The number of nitrogens with one attached hydrogen (secondary N) is 2. The number of benzene rings is 1. The molecule has 2 fully saturated rings. The Kier molecular flexibility index (Phi) is 5.55. The second kappa shape index (κ2) is 8.42. The van der Waals surface area contributed by atoms with E-state index in [9.17, 15) is 9.59 Å². The number of nitrogens with zero attached hydrogens (tertiary/aromatic N) is 2. The van der Waals surface area contributed by atoms with Crippen LogP contribution in [-0.4, -0.2) is 27.6 Å². The zero-order valence-electron chi connectivity index (χ0n) is 15.9. The molecule has 1 aromatic carbocycles. The lowest BCUT2D eigenvalue weighted by Gasteiger charge is -2.23. The molecule has 0 spiro atoms. The fourth-order valence-corrected chi connectivity index (χ4v) is 3.61. The molecule has 2 aliphatic rings. The van der Waals surface area contributed by atoms with Crippen LogP contribution in [0.5, 0.6) is 0 Å². The Balaban J connectivity index is 1.34. The van der Waals surface area contributed by atoms with E-state index in [4.69, 9.17) is 0 Å². The van der Waals surface area contributed by atoms with Gasteiger partial charge >= 0.3 is 0 Å². The van der Waals surface area contributed by atoms with Crippen LogP contribution in [0.4, 0.5) is 5.82 Å². The quantitative estimate of drug-likeness (QED) is 0.748. The Labute approximate surface area is 165 Å². The number of anilines is 1. The molecule has 2 aromatic rings. The largest absolute Gasteiger partial charge is 0.349 e. The van der Waals surface area contributed by atoms with E-state index in [0.717, 1.165) is 37.1 Å². The summed E-state index contributed by atoms with van der Waals surface area (Å²) in [7, 11) is 0. The van der Waals surface area contributed by atoms with Gasteiger partial charge in [0.05, 0.1) is 12.2 Å². The van der Waals surface area contributed by atoms with Crippen molar-refractivity contribution >= 4 is 23.7 Å². The molecule has 2 aliphatic carbocycles. The van der Waals surface area contributed by atoms with Crippen molar-refractivity contribution < 1.29 is 9.59 Å². The van der Waals surface area contributed by atoms with Crippen molar-refractivity contribution in [2.45, 2.75) is 57.0 Å². The molecule has 0 bridgehead atoms. The van der Waals surface area contributed by atoms with Crippen molar-refractivity contribution in [2.75, 3.05) is 5.32 Å². The Bertz CT molecular complexity index is 859. The summed E-state index contributed by atoms with van der Waals surface area (Å²) >= 11 is 0. The molecular formula is C22H26N4O2. The number of hydrogen-bond acceptors (Lipinski definition) is 3. The van der Waals surface area contributed by atoms with Gasteiger partial charge in [-0.05, 0) is 49.5 Å². The minimum atomic E-state index is -0.187. The van der Waals surface area contributed by atoms with Gasteiger partial charge in [0.15, 0.2) is 0 Å². The van der Waals surface area contributed by atoms with Crippen molar-refractivity contribution in [3.05, 3.63) is 53.7 Å². The Morgan fingerprint density at radius 3 is 2.46 bits per heavy atom. The molecule has 1 heterocycles. The SMILES string of the molecule is O=C(/C=C/c1ccc(C(=O)NC2CC2)cc1)Nc1ccnn1C1CCCCC1. The van der Waals surface area contributed by atoms with E-state index in [1.165, 1.54) is 25.3 Å². The molecule has 0 unspecified atom stereocenters. The molecule has 2 amide bonds. The fourth-order valence-electron chi connectivity index (χ4n) is 3.61. The van der Waals surface area contributed by atoms with Crippen LogP contribution in [0.3, 0.4) is 0 Å². The number of rotatable bonds is 6. The van der Waals surface area contributed by atoms with E-state index in [1.807, 2.05) is 22.9 Å². The van der Waals surface area contributed by atoms with Gasteiger partial charge in [0.1, 0.15) is 5.82 Å². The summed E-state index contributed by atoms with van der Waals surface area (Å²) in [4.78, 5) is 24.3. The minimum absolute atomic E-state index is 0.0354. The highest BCUT2D eigenvalue weighted by Gasteiger charge is 2.23. The molecule has 0 radical (unpaired) electrons. The van der Waals surface area contributed by atoms with Gasteiger partial charge < -0.3 is 10.6 Å². The third kappa shape index (κ3) is 4.68. The molecule has 2 N–H and O–H groups in total. The average Bonchev–Trinajstić information content (AvgIpc) is 3.42. The Morgan fingerprint density at radius 2 is 1.75 bits per heavy atom. The fraction of sp³-hybridized carbons (Fsp3) is 0.409. The van der Waals surface area contributed by atoms with Gasteiger partial charge in [-0.3, -0.25) is 9.59 Å². The smallest absolute Gasteiger partial charge is 0.251 e. The zero-order chi connectivity index (χ0) is 19.3. The summed E-state index contributed by atoms with van der Waals surface area (Å²) in [5, 5.41) is 10.3. The van der Waals surface area contributed by atoms with Crippen LogP contribution in [0.25, 0.3) is 6.08 Å². The molecule has 2 saturated carbocycles. The number of carbonyl (C=O) groups excluding carboxylic acids is 2. The first-order chi connectivity index (χ1) is 13.7. The van der Waals surface area contributed by atoms with E-state index >= 15 is 0 Å². The summed E-state index contributed by atoms with van der Waals surface area (Å²) in [5.41, 5.74) is 1.52. The molecule has 1 aromatic heterocycles. The first kappa shape index (κ1) is 18.5. The number of carbonyl (C=O) groups is 2. The lowest BCUT2D eigenvalue weighted by Crippen LogP contribution is -2.25. The number of aromatic nitrogens is 2. The normalized spacial score (nSPS) is 17.6. The van der Waals surface area contributed by atoms with Crippen LogP contribution in [0.15, 0.2) is 42.6 Å². The van der Waals surface area contributed by atoms with E-state index in [-0.39, 0.29) is 11.8 Å². The van der Waals surface area contributed by atoms with Crippen LogP contribution >= 0.6 is 0 Å². The van der Waals surface area contributed by atoms with Crippen LogP contribution in [0, 0.1) is 0 Å². The van der Waals surface area contributed by atoms with Gasteiger partial charge in [0.2, 0.25) is 5.91 Å². The third-order valence-corrected chi connectivity index (χ3v) is 5.35. The monoisotopic (exact) mass is 378 g/mol. The maximum absolute atomic E-state index is 12.3. The van der Waals surface area contributed by atoms with Gasteiger partial charge in [-0.15, -0.1) is 0 Å². The van der Waals surface area contributed by atoms with E-state index in [2.05, 4.69) is 15.7 Å². The van der Waals surface area contributed by atoms with Gasteiger partial charge in [0.25, 0.3) is 5.91 Å². The highest BCUT2D eigenvalue weighted by molar-refractivity contribution is 6.01. The number of hydrogen-bond donors (Lipinski definition) is 2. The molecule has 0 atom stereocenters. The second-order valence-electron chi connectivity index (χ2n) is 7.65. The summed E-state index contributed by atoms with van der Waals surface area (Å²) in [6, 6.07) is 9.82. The highest BCUT2D eigenvalue weighted by atomic mass is 16.2.